The summed E-state index contributed by atoms with van der Waals surface area (Å²) in [4.78, 5) is 20.4. The number of hydrazine groups is 1. The second-order valence-corrected chi connectivity index (χ2v) is 4.33. The minimum atomic E-state index is -0.237. The van der Waals surface area contributed by atoms with E-state index >= 15 is 0 Å². The molecule has 5 N–H and O–H groups in total. The lowest BCUT2D eigenvalue weighted by molar-refractivity contribution is 0.0951. The third kappa shape index (κ3) is 2.51. The Bertz CT molecular complexity index is 769. The maximum atomic E-state index is 12.3. The van der Waals surface area contributed by atoms with Crippen LogP contribution in [0, 0.1) is 0 Å². The number of nitrogens with two attached hydrogens (primary N) is 1. The number of hydrogen-bond acceptors (Lipinski definition) is 6. The molecule has 0 fully saturated rings. The van der Waals surface area contributed by atoms with Crippen molar-refractivity contribution in [3.8, 4) is 0 Å². The fraction of sp³-hybridized carbons (Fsp3) is 0.0769. The van der Waals surface area contributed by atoms with E-state index in [0.717, 1.165) is 10.8 Å². The number of nitrogens with zero attached hydrogens (tertiary/aromatic N) is 3. The molecule has 0 spiro atoms. The molecule has 0 unspecified atom stereocenters. The van der Waals surface area contributed by atoms with Crippen LogP contribution in [-0.2, 0) is 6.54 Å². The first kappa shape index (κ1) is 13.0. The Morgan fingerprint density at radius 3 is 2.76 bits per heavy atom. The van der Waals surface area contributed by atoms with Gasteiger partial charge in [-0.15, -0.1) is 0 Å². The molecular weight excluding hydrogens is 270 g/mol. The van der Waals surface area contributed by atoms with E-state index in [1.165, 1.54) is 12.5 Å². The lowest BCUT2D eigenvalue weighted by atomic mass is 10.1. The van der Waals surface area contributed by atoms with Gasteiger partial charge in [-0.3, -0.25) is 9.89 Å². The van der Waals surface area contributed by atoms with Crippen molar-refractivity contribution in [2.45, 2.75) is 6.54 Å². The number of aromatic amines is 1. The van der Waals surface area contributed by atoms with Gasteiger partial charge in [-0.1, -0.05) is 24.3 Å². The molecule has 21 heavy (non-hydrogen) atoms. The third-order valence-corrected chi connectivity index (χ3v) is 3.06. The number of rotatable bonds is 4. The van der Waals surface area contributed by atoms with Gasteiger partial charge in [-0.25, -0.2) is 15.8 Å². The van der Waals surface area contributed by atoms with Gasteiger partial charge in [0.2, 0.25) is 0 Å². The van der Waals surface area contributed by atoms with E-state index < -0.39 is 0 Å². The Morgan fingerprint density at radius 1 is 1.24 bits per heavy atom. The maximum Gasteiger partial charge on any atom is 0.253 e. The molecule has 3 rings (SSSR count). The zero-order valence-electron chi connectivity index (χ0n) is 11.0. The van der Waals surface area contributed by atoms with Gasteiger partial charge in [0.1, 0.15) is 18.0 Å². The fourth-order valence-electron chi connectivity index (χ4n) is 2.06. The van der Waals surface area contributed by atoms with Crippen LogP contribution in [0.4, 0.5) is 5.82 Å². The lowest BCUT2D eigenvalue weighted by Crippen LogP contribution is -2.24. The predicted molar refractivity (Wildman–Crippen MR) is 77.1 cm³/mol. The molecule has 0 aliphatic heterocycles. The van der Waals surface area contributed by atoms with Crippen LogP contribution < -0.4 is 16.6 Å². The molecule has 1 amide bonds. The van der Waals surface area contributed by atoms with E-state index in [0.29, 0.717) is 17.2 Å². The van der Waals surface area contributed by atoms with Gasteiger partial charge in [0, 0.05) is 11.6 Å². The molecule has 0 aliphatic carbocycles. The monoisotopic (exact) mass is 283 g/mol. The second kappa shape index (κ2) is 5.55. The molecule has 106 valence electrons. The van der Waals surface area contributed by atoms with E-state index in [4.69, 9.17) is 5.84 Å². The highest BCUT2D eigenvalue weighted by Crippen LogP contribution is 2.23. The number of aromatic nitrogens is 4. The first-order chi connectivity index (χ1) is 10.3. The number of amides is 1. The number of H-pyrrole nitrogens is 1. The Hall–Kier alpha value is -3.00. The summed E-state index contributed by atoms with van der Waals surface area (Å²) >= 11 is 0. The Morgan fingerprint density at radius 2 is 2.05 bits per heavy atom. The number of nitrogen functional groups attached to an aromatic ring is 1. The van der Waals surface area contributed by atoms with Gasteiger partial charge in [-0.2, -0.15) is 5.10 Å². The van der Waals surface area contributed by atoms with Crippen LogP contribution in [0.3, 0.4) is 0 Å². The molecule has 8 nitrogen and oxygen atoms in total. The number of nitrogens with one attached hydrogen (secondary N) is 3. The van der Waals surface area contributed by atoms with E-state index in [2.05, 4.69) is 30.9 Å². The number of benzene rings is 1. The van der Waals surface area contributed by atoms with E-state index in [-0.39, 0.29) is 12.5 Å². The highest BCUT2D eigenvalue weighted by molar-refractivity contribution is 6.09. The van der Waals surface area contributed by atoms with Crippen molar-refractivity contribution in [1.29, 1.82) is 0 Å². The van der Waals surface area contributed by atoms with Gasteiger partial charge >= 0.3 is 0 Å². The first-order valence-corrected chi connectivity index (χ1v) is 6.26. The van der Waals surface area contributed by atoms with E-state index in [1.807, 2.05) is 24.3 Å². The summed E-state index contributed by atoms with van der Waals surface area (Å²) in [5, 5.41) is 10.7. The number of carbonyl (C=O) groups excluding carboxylic acids is 1. The fourth-order valence-corrected chi connectivity index (χ4v) is 2.06. The molecule has 0 bridgehead atoms. The third-order valence-electron chi connectivity index (χ3n) is 3.06. The summed E-state index contributed by atoms with van der Waals surface area (Å²) in [7, 11) is 0. The molecule has 0 aliphatic rings. The minimum absolute atomic E-state index is 0.237. The predicted octanol–water partition coefficient (Wildman–Crippen LogP) is 0.568. The van der Waals surface area contributed by atoms with Crippen LogP contribution in [0.5, 0.6) is 0 Å². The van der Waals surface area contributed by atoms with Crippen molar-refractivity contribution >= 4 is 22.5 Å². The van der Waals surface area contributed by atoms with Gasteiger partial charge < -0.3 is 10.7 Å². The maximum absolute atomic E-state index is 12.3. The normalized spacial score (nSPS) is 10.5. The van der Waals surface area contributed by atoms with Crippen molar-refractivity contribution in [2.75, 3.05) is 5.43 Å². The van der Waals surface area contributed by atoms with Crippen LogP contribution >= 0.6 is 0 Å². The van der Waals surface area contributed by atoms with Crippen molar-refractivity contribution in [3.63, 3.8) is 0 Å². The standard InChI is InChI=1S/C13H13N7O/c14-19-12-9-4-2-1-3-8(9)10(5-15-12)13(21)16-6-11-17-7-18-20-11/h1-5,7H,6,14H2,(H,15,19)(H,16,21)(H,17,18,20). The summed E-state index contributed by atoms with van der Waals surface area (Å²) in [6.07, 6.45) is 2.88. The van der Waals surface area contributed by atoms with Crippen molar-refractivity contribution in [3.05, 3.63) is 48.2 Å². The van der Waals surface area contributed by atoms with Crippen molar-refractivity contribution in [2.24, 2.45) is 5.84 Å². The average Bonchev–Trinajstić information content (AvgIpc) is 3.05. The van der Waals surface area contributed by atoms with Crippen LogP contribution in [0.1, 0.15) is 16.2 Å². The van der Waals surface area contributed by atoms with E-state index in [9.17, 15) is 4.79 Å². The van der Waals surface area contributed by atoms with Gasteiger partial charge in [-0.05, 0) is 5.39 Å². The summed E-state index contributed by atoms with van der Waals surface area (Å²) < 4.78 is 0. The number of fused-ring (bicyclic) bond motifs is 1. The SMILES string of the molecule is NNc1ncc(C(=O)NCc2ncn[nH]2)c2ccccc12. The second-order valence-electron chi connectivity index (χ2n) is 4.33. The Balaban J connectivity index is 1.91. The van der Waals surface area contributed by atoms with Gasteiger partial charge in [0.05, 0.1) is 12.1 Å². The molecule has 0 saturated carbocycles. The van der Waals surface area contributed by atoms with Gasteiger partial charge in [0.15, 0.2) is 0 Å². The molecule has 0 radical (unpaired) electrons. The molecule has 1 aromatic carbocycles. The van der Waals surface area contributed by atoms with Crippen LogP contribution in [0.25, 0.3) is 10.8 Å². The zero-order valence-corrected chi connectivity index (χ0v) is 11.0. The molecule has 2 aromatic heterocycles. The first-order valence-electron chi connectivity index (χ1n) is 6.26. The molecule has 0 saturated heterocycles. The van der Waals surface area contributed by atoms with Crippen molar-refractivity contribution in [1.82, 2.24) is 25.5 Å². The summed E-state index contributed by atoms with van der Waals surface area (Å²) in [6, 6.07) is 7.42. The van der Waals surface area contributed by atoms with Crippen molar-refractivity contribution < 1.29 is 4.79 Å². The minimum Gasteiger partial charge on any atom is -0.345 e. The zero-order chi connectivity index (χ0) is 14.7. The average molecular weight is 283 g/mol. The van der Waals surface area contributed by atoms with Crippen LogP contribution in [0.2, 0.25) is 0 Å². The van der Waals surface area contributed by atoms with Gasteiger partial charge in [0.25, 0.3) is 5.91 Å². The smallest absolute Gasteiger partial charge is 0.253 e. The number of pyridine rings is 1. The van der Waals surface area contributed by atoms with E-state index in [1.54, 1.807) is 0 Å². The van der Waals surface area contributed by atoms with Crippen LogP contribution in [-0.4, -0.2) is 26.1 Å². The number of anilines is 1. The Labute approximate surface area is 119 Å². The van der Waals surface area contributed by atoms with Crippen LogP contribution in [0.15, 0.2) is 36.8 Å². The highest BCUT2D eigenvalue weighted by Gasteiger charge is 2.13. The highest BCUT2D eigenvalue weighted by atomic mass is 16.1. The number of hydrogen-bond donors (Lipinski definition) is 4. The summed E-state index contributed by atoms with van der Waals surface area (Å²) in [6.45, 7) is 0.268. The molecular formula is C13H13N7O. The number of carbonyl (C=O) groups is 1. The largest absolute Gasteiger partial charge is 0.345 e. The lowest BCUT2D eigenvalue weighted by Gasteiger charge is -2.09. The molecule has 8 heteroatoms. The summed E-state index contributed by atoms with van der Waals surface area (Å²) in [5.41, 5.74) is 3.00. The topological polar surface area (TPSA) is 122 Å². The summed E-state index contributed by atoms with van der Waals surface area (Å²) in [5.74, 6) is 6.30. The molecule has 3 aromatic rings. The quantitative estimate of drug-likeness (QED) is 0.410. The molecule has 2 heterocycles. The Kier molecular flexibility index (Phi) is 3.44. The molecule has 0 atom stereocenters.